The molecule has 1 N–H and O–H groups in total. The Hall–Kier alpha value is 0.310. The summed E-state index contributed by atoms with van der Waals surface area (Å²) in [5, 5.41) is 3.78. The zero-order chi connectivity index (χ0) is 13.2. The first-order valence-electron chi connectivity index (χ1n) is 8.03. The Morgan fingerprint density at radius 3 is 2.50 bits per heavy atom. The molecule has 2 heteroatoms. The predicted octanol–water partition coefficient (Wildman–Crippen LogP) is 4.71. The van der Waals surface area contributed by atoms with E-state index in [9.17, 15) is 0 Å². The number of nitrogens with one attached hydrogen (secondary N) is 1. The van der Waals surface area contributed by atoms with Gasteiger partial charge in [0.2, 0.25) is 0 Å². The lowest BCUT2D eigenvalue weighted by Gasteiger charge is -2.27. The molecular weight excluding hydrogens is 238 g/mol. The summed E-state index contributed by atoms with van der Waals surface area (Å²) in [6, 6.07) is 0.789. The minimum absolute atomic E-state index is 0.789. The summed E-state index contributed by atoms with van der Waals surface area (Å²) in [5.41, 5.74) is 0. The average Bonchev–Trinajstić information content (AvgIpc) is 2.36. The van der Waals surface area contributed by atoms with E-state index in [0.717, 1.165) is 17.9 Å². The van der Waals surface area contributed by atoms with Crippen LogP contribution in [-0.2, 0) is 0 Å². The van der Waals surface area contributed by atoms with Gasteiger partial charge in [0.25, 0.3) is 0 Å². The third-order valence-electron chi connectivity index (χ3n) is 3.98. The molecule has 0 saturated carbocycles. The van der Waals surface area contributed by atoms with E-state index in [1.165, 1.54) is 63.0 Å². The van der Waals surface area contributed by atoms with Crippen LogP contribution in [0.25, 0.3) is 0 Å². The third-order valence-corrected chi connectivity index (χ3v) is 5.02. The van der Waals surface area contributed by atoms with Crippen LogP contribution in [0.1, 0.15) is 65.7 Å². The maximum atomic E-state index is 3.78. The number of thioether (sulfide) groups is 1. The quantitative estimate of drug-likeness (QED) is 0.651. The normalized spacial score (nSPS) is 19.3. The zero-order valence-electron chi connectivity index (χ0n) is 12.7. The van der Waals surface area contributed by atoms with Crippen molar-refractivity contribution in [1.29, 1.82) is 0 Å². The van der Waals surface area contributed by atoms with Crippen LogP contribution < -0.4 is 5.32 Å². The summed E-state index contributed by atoms with van der Waals surface area (Å²) >= 11 is 2.14. The monoisotopic (exact) mass is 271 g/mol. The molecule has 1 fully saturated rings. The SMILES string of the molecule is CCCNC(CCCC(C)C)CC1CCSCC1. The Morgan fingerprint density at radius 1 is 1.17 bits per heavy atom. The van der Waals surface area contributed by atoms with Crippen LogP contribution in [-0.4, -0.2) is 24.1 Å². The lowest BCUT2D eigenvalue weighted by molar-refractivity contribution is 0.339. The van der Waals surface area contributed by atoms with Crippen molar-refractivity contribution >= 4 is 11.8 Å². The largest absolute Gasteiger partial charge is 0.314 e. The van der Waals surface area contributed by atoms with Crippen LogP contribution in [0.3, 0.4) is 0 Å². The lowest BCUT2D eigenvalue weighted by atomic mass is 9.91. The van der Waals surface area contributed by atoms with Crippen molar-refractivity contribution in [2.24, 2.45) is 11.8 Å². The first kappa shape index (κ1) is 16.4. The third kappa shape index (κ3) is 7.68. The van der Waals surface area contributed by atoms with E-state index in [4.69, 9.17) is 0 Å². The van der Waals surface area contributed by atoms with E-state index >= 15 is 0 Å². The molecule has 0 aromatic rings. The highest BCUT2D eigenvalue weighted by atomic mass is 32.2. The molecule has 1 unspecified atom stereocenters. The minimum atomic E-state index is 0.789. The summed E-state index contributed by atoms with van der Waals surface area (Å²) in [4.78, 5) is 0. The van der Waals surface area contributed by atoms with Gasteiger partial charge in [-0.25, -0.2) is 0 Å². The summed E-state index contributed by atoms with van der Waals surface area (Å²) < 4.78 is 0. The fourth-order valence-corrected chi connectivity index (χ4v) is 4.01. The summed E-state index contributed by atoms with van der Waals surface area (Å²) in [6.45, 7) is 8.16. The van der Waals surface area contributed by atoms with Crippen LogP contribution in [0.2, 0.25) is 0 Å². The number of rotatable bonds is 9. The first-order valence-corrected chi connectivity index (χ1v) is 9.19. The van der Waals surface area contributed by atoms with Gasteiger partial charge in [0, 0.05) is 6.04 Å². The highest BCUT2D eigenvalue weighted by Crippen LogP contribution is 2.27. The molecule has 1 heterocycles. The molecule has 0 radical (unpaired) electrons. The molecule has 1 nitrogen and oxygen atoms in total. The van der Waals surface area contributed by atoms with Gasteiger partial charge in [0.05, 0.1) is 0 Å². The van der Waals surface area contributed by atoms with E-state index in [2.05, 4.69) is 37.8 Å². The summed E-state index contributed by atoms with van der Waals surface area (Å²) in [5.74, 6) is 4.66. The Balaban J connectivity index is 2.24. The molecule has 0 aliphatic carbocycles. The van der Waals surface area contributed by atoms with Gasteiger partial charge >= 0.3 is 0 Å². The molecule has 0 aromatic heterocycles. The molecule has 1 aliphatic rings. The van der Waals surface area contributed by atoms with E-state index in [1.54, 1.807) is 0 Å². The van der Waals surface area contributed by atoms with Crippen molar-refractivity contribution in [2.45, 2.75) is 71.8 Å². The van der Waals surface area contributed by atoms with Gasteiger partial charge in [-0.1, -0.05) is 33.6 Å². The van der Waals surface area contributed by atoms with Crippen molar-refractivity contribution < 1.29 is 0 Å². The van der Waals surface area contributed by atoms with Gasteiger partial charge < -0.3 is 5.32 Å². The van der Waals surface area contributed by atoms with Crippen LogP contribution in [0.15, 0.2) is 0 Å². The topological polar surface area (TPSA) is 12.0 Å². The fourth-order valence-electron chi connectivity index (χ4n) is 2.81. The molecule has 1 atom stereocenters. The molecule has 0 aromatic carbocycles. The predicted molar refractivity (Wildman–Crippen MR) is 85.4 cm³/mol. The summed E-state index contributed by atoms with van der Waals surface area (Å²) in [6.07, 6.45) is 9.80. The molecule has 108 valence electrons. The maximum Gasteiger partial charge on any atom is 0.00697 e. The molecule has 1 aliphatic heterocycles. The second kappa shape index (κ2) is 10.1. The van der Waals surface area contributed by atoms with Gasteiger partial charge in [-0.15, -0.1) is 0 Å². The summed E-state index contributed by atoms with van der Waals surface area (Å²) in [7, 11) is 0. The van der Waals surface area contributed by atoms with Gasteiger partial charge in [-0.3, -0.25) is 0 Å². The van der Waals surface area contributed by atoms with E-state index in [-0.39, 0.29) is 0 Å². The zero-order valence-corrected chi connectivity index (χ0v) is 13.5. The van der Waals surface area contributed by atoms with E-state index in [0.29, 0.717) is 0 Å². The van der Waals surface area contributed by atoms with Crippen molar-refractivity contribution in [3.8, 4) is 0 Å². The van der Waals surface area contributed by atoms with Gasteiger partial charge in [0.15, 0.2) is 0 Å². The smallest absolute Gasteiger partial charge is 0.00697 e. The first-order chi connectivity index (χ1) is 8.72. The highest BCUT2D eigenvalue weighted by Gasteiger charge is 2.18. The van der Waals surface area contributed by atoms with Crippen LogP contribution in [0, 0.1) is 11.8 Å². The second-order valence-electron chi connectivity index (χ2n) is 6.27. The Bertz CT molecular complexity index is 188. The van der Waals surface area contributed by atoms with Gasteiger partial charge in [-0.05, 0) is 62.0 Å². The second-order valence-corrected chi connectivity index (χ2v) is 7.49. The number of hydrogen-bond acceptors (Lipinski definition) is 2. The average molecular weight is 272 g/mol. The molecule has 1 rings (SSSR count). The Kier molecular flexibility index (Phi) is 9.22. The molecule has 0 bridgehead atoms. The minimum Gasteiger partial charge on any atom is -0.314 e. The molecule has 18 heavy (non-hydrogen) atoms. The molecular formula is C16H33NS. The van der Waals surface area contributed by atoms with Crippen molar-refractivity contribution in [3.63, 3.8) is 0 Å². The molecule has 0 spiro atoms. The van der Waals surface area contributed by atoms with Gasteiger partial charge in [-0.2, -0.15) is 11.8 Å². The van der Waals surface area contributed by atoms with Crippen LogP contribution in [0.5, 0.6) is 0 Å². The van der Waals surface area contributed by atoms with Crippen LogP contribution >= 0.6 is 11.8 Å². The Labute approximate surface area is 119 Å². The van der Waals surface area contributed by atoms with Gasteiger partial charge in [0.1, 0.15) is 0 Å². The molecule has 0 amide bonds. The van der Waals surface area contributed by atoms with Crippen molar-refractivity contribution in [2.75, 3.05) is 18.1 Å². The molecule has 1 saturated heterocycles. The van der Waals surface area contributed by atoms with Crippen molar-refractivity contribution in [1.82, 2.24) is 5.32 Å². The fraction of sp³-hybridized carbons (Fsp3) is 1.00. The van der Waals surface area contributed by atoms with E-state index < -0.39 is 0 Å². The lowest BCUT2D eigenvalue weighted by Crippen LogP contribution is -2.32. The van der Waals surface area contributed by atoms with E-state index in [1.807, 2.05) is 0 Å². The number of hydrogen-bond donors (Lipinski definition) is 1. The maximum absolute atomic E-state index is 3.78. The highest BCUT2D eigenvalue weighted by molar-refractivity contribution is 7.99. The van der Waals surface area contributed by atoms with Crippen LogP contribution in [0.4, 0.5) is 0 Å². The van der Waals surface area contributed by atoms with Crippen molar-refractivity contribution in [3.05, 3.63) is 0 Å². The standard InChI is InChI=1S/C16H33NS/c1-4-10-17-16(7-5-6-14(2)3)13-15-8-11-18-12-9-15/h14-17H,4-13H2,1-3H3. The Morgan fingerprint density at radius 2 is 1.89 bits per heavy atom.